The van der Waals surface area contributed by atoms with E-state index in [1.54, 1.807) is 13.1 Å². The van der Waals surface area contributed by atoms with Crippen LogP contribution in [-0.4, -0.2) is 26.9 Å². The predicted octanol–water partition coefficient (Wildman–Crippen LogP) is -0.694. The Morgan fingerprint density at radius 2 is 2.62 bits per heavy atom. The molecule has 1 aromatic heterocycles. The minimum atomic E-state index is -0.476. The Balaban J connectivity index is 2.39. The fourth-order valence-corrected chi connectivity index (χ4v) is 0.784. The number of hydrogen-bond donors (Lipinski definition) is 1. The SMILES string of the molecule is C[C@H](C#N)NC(=O)Cn1ccnn1. The molecule has 0 fully saturated rings. The van der Waals surface area contributed by atoms with Gasteiger partial charge in [0.05, 0.1) is 12.3 Å². The van der Waals surface area contributed by atoms with Crippen molar-refractivity contribution in [1.29, 1.82) is 5.26 Å². The number of aromatic nitrogens is 3. The zero-order valence-corrected chi connectivity index (χ0v) is 7.14. The Bertz CT molecular complexity index is 312. The first kappa shape index (κ1) is 9.19. The summed E-state index contributed by atoms with van der Waals surface area (Å²) in [6.07, 6.45) is 3.07. The summed E-state index contributed by atoms with van der Waals surface area (Å²) in [5.41, 5.74) is 0. The van der Waals surface area contributed by atoms with Crippen LogP contribution in [0.1, 0.15) is 6.92 Å². The molecular formula is C7H9N5O. The zero-order valence-electron chi connectivity index (χ0n) is 7.14. The van der Waals surface area contributed by atoms with Gasteiger partial charge in [-0.25, -0.2) is 4.68 Å². The maximum Gasteiger partial charge on any atom is 0.242 e. The van der Waals surface area contributed by atoms with Crippen molar-refractivity contribution in [2.75, 3.05) is 0 Å². The summed E-state index contributed by atoms with van der Waals surface area (Å²) in [6.45, 7) is 1.70. The molecule has 1 heterocycles. The summed E-state index contributed by atoms with van der Waals surface area (Å²) in [7, 11) is 0. The molecule has 1 N–H and O–H groups in total. The molecule has 0 aliphatic rings. The molecule has 0 aliphatic heterocycles. The molecule has 6 nitrogen and oxygen atoms in total. The number of carbonyl (C=O) groups excluding carboxylic acids is 1. The predicted molar refractivity (Wildman–Crippen MR) is 43.2 cm³/mol. The molecule has 13 heavy (non-hydrogen) atoms. The van der Waals surface area contributed by atoms with Crippen LogP contribution < -0.4 is 5.32 Å². The molecule has 1 atom stereocenters. The molecule has 0 bridgehead atoms. The van der Waals surface area contributed by atoms with E-state index in [2.05, 4.69) is 15.6 Å². The van der Waals surface area contributed by atoms with Crippen LogP contribution >= 0.6 is 0 Å². The highest BCUT2D eigenvalue weighted by atomic mass is 16.2. The highest BCUT2D eigenvalue weighted by Crippen LogP contribution is 1.83. The van der Waals surface area contributed by atoms with Crippen LogP contribution in [0.5, 0.6) is 0 Å². The first-order valence-electron chi connectivity index (χ1n) is 3.75. The first-order valence-corrected chi connectivity index (χ1v) is 3.75. The second-order valence-electron chi connectivity index (χ2n) is 2.52. The largest absolute Gasteiger partial charge is 0.339 e. The van der Waals surface area contributed by atoms with Gasteiger partial charge in [0.15, 0.2) is 0 Å². The number of carbonyl (C=O) groups is 1. The summed E-state index contributed by atoms with van der Waals surface area (Å²) >= 11 is 0. The van der Waals surface area contributed by atoms with Crippen LogP contribution in [-0.2, 0) is 11.3 Å². The van der Waals surface area contributed by atoms with Gasteiger partial charge in [0.2, 0.25) is 5.91 Å². The summed E-state index contributed by atoms with van der Waals surface area (Å²) in [4.78, 5) is 11.1. The normalized spacial score (nSPS) is 11.7. The fourth-order valence-electron chi connectivity index (χ4n) is 0.784. The molecule has 0 saturated carbocycles. The van der Waals surface area contributed by atoms with E-state index in [4.69, 9.17) is 5.26 Å². The highest BCUT2D eigenvalue weighted by Gasteiger charge is 2.06. The Morgan fingerprint density at radius 3 is 3.15 bits per heavy atom. The third kappa shape index (κ3) is 2.91. The van der Waals surface area contributed by atoms with Gasteiger partial charge in [-0.3, -0.25) is 4.79 Å². The van der Waals surface area contributed by atoms with Gasteiger partial charge >= 0.3 is 0 Å². The minimum Gasteiger partial charge on any atom is -0.339 e. The van der Waals surface area contributed by atoms with E-state index >= 15 is 0 Å². The molecule has 0 saturated heterocycles. The van der Waals surface area contributed by atoms with Crippen LogP contribution in [0.3, 0.4) is 0 Å². The van der Waals surface area contributed by atoms with Crippen molar-refractivity contribution in [3.8, 4) is 6.07 Å². The van der Waals surface area contributed by atoms with Gasteiger partial charge in [-0.15, -0.1) is 5.10 Å². The summed E-state index contributed by atoms with van der Waals surface area (Å²) in [5, 5.41) is 18.0. The number of nitriles is 1. The summed E-state index contributed by atoms with van der Waals surface area (Å²) < 4.78 is 1.39. The molecule has 68 valence electrons. The van der Waals surface area contributed by atoms with Gasteiger partial charge in [0, 0.05) is 6.20 Å². The topological polar surface area (TPSA) is 83.6 Å². The lowest BCUT2D eigenvalue weighted by Crippen LogP contribution is -2.34. The lowest BCUT2D eigenvalue weighted by Gasteiger charge is -2.05. The Morgan fingerprint density at radius 1 is 1.85 bits per heavy atom. The van der Waals surface area contributed by atoms with Crippen molar-refractivity contribution in [3.63, 3.8) is 0 Å². The molecule has 0 unspecified atom stereocenters. The van der Waals surface area contributed by atoms with E-state index in [1.807, 2.05) is 6.07 Å². The standard InChI is InChI=1S/C7H9N5O/c1-6(4-8)10-7(13)5-12-3-2-9-11-12/h2-3,6H,5H2,1H3,(H,10,13)/t6-/m1/s1. The number of hydrogen-bond acceptors (Lipinski definition) is 4. The fraction of sp³-hybridized carbons (Fsp3) is 0.429. The van der Waals surface area contributed by atoms with E-state index < -0.39 is 6.04 Å². The average Bonchev–Trinajstić information content (AvgIpc) is 2.56. The van der Waals surface area contributed by atoms with Crippen molar-refractivity contribution in [2.45, 2.75) is 19.5 Å². The number of rotatable bonds is 3. The molecule has 0 aliphatic carbocycles. The molecule has 1 aromatic rings. The summed E-state index contributed by atoms with van der Waals surface area (Å²) in [6, 6.07) is 1.42. The molecule has 1 amide bonds. The van der Waals surface area contributed by atoms with Gasteiger partial charge in [-0.1, -0.05) is 5.21 Å². The lowest BCUT2D eigenvalue weighted by atomic mass is 10.4. The van der Waals surface area contributed by atoms with Crippen LogP contribution in [0, 0.1) is 11.3 Å². The van der Waals surface area contributed by atoms with Gasteiger partial charge in [-0.2, -0.15) is 5.26 Å². The monoisotopic (exact) mass is 179 g/mol. The van der Waals surface area contributed by atoms with Crippen molar-refractivity contribution in [1.82, 2.24) is 20.3 Å². The third-order valence-corrected chi connectivity index (χ3v) is 1.35. The molecular weight excluding hydrogens is 170 g/mol. The zero-order chi connectivity index (χ0) is 9.68. The van der Waals surface area contributed by atoms with Gasteiger partial charge < -0.3 is 5.32 Å². The smallest absolute Gasteiger partial charge is 0.242 e. The molecule has 0 radical (unpaired) electrons. The van der Waals surface area contributed by atoms with E-state index in [1.165, 1.54) is 10.9 Å². The molecule has 0 spiro atoms. The number of nitrogens with zero attached hydrogens (tertiary/aromatic N) is 4. The van der Waals surface area contributed by atoms with Crippen molar-refractivity contribution in [3.05, 3.63) is 12.4 Å². The van der Waals surface area contributed by atoms with Crippen LogP contribution in [0.15, 0.2) is 12.4 Å². The van der Waals surface area contributed by atoms with Gasteiger partial charge in [-0.05, 0) is 6.92 Å². The maximum atomic E-state index is 11.1. The van der Waals surface area contributed by atoms with Crippen LogP contribution in [0.2, 0.25) is 0 Å². The number of amides is 1. The Hall–Kier alpha value is -1.90. The van der Waals surface area contributed by atoms with Gasteiger partial charge in [0.25, 0.3) is 0 Å². The quantitative estimate of drug-likeness (QED) is 0.665. The molecule has 1 rings (SSSR count). The van der Waals surface area contributed by atoms with Crippen molar-refractivity contribution in [2.24, 2.45) is 0 Å². The minimum absolute atomic E-state index is 0.0893. The molecule has 0 aromatic carbocycles. The summed E-state index contributed by atoms with van der Waals surface area (Å²) in [5.74, 6) is -0.250. The van der Waals surface area contributed by atoms with E-state index in [9.17, 15) is 4.79 Å². The Labute approximate surface area is 75.2 Å². The Kier molecular flexibility index (Phi) is 2.97. The van der Waals surface area contributed by atoms with Crippen LogP contribution in [0.25, 0.3) is 0 Å². The average molecular weight is 179 g/mol. The first-order chi connectivity index (χ1) is 6.22. The van der Waals surface area contributed by atoms with Crippen molar-refractivity contribution >= 4 is 5.91 Å². The van der Waals surface area contributed by atoms with E-state index in [0.29, 0.717) is 0 Å². The maximum absolute atomic E-state index is 11.1. The highest BCUT2D eigenvalue weighted by molar-refractivity contribution is 5.76. The second kappa shape index (κ2) is 4.21. The van der Waals surface area contributed by atoms with E-state index in [-0.39, 0.29) is 12.5 Å². The lowest BCUT2D eigenvalue weighted by molar-refractivity contribution is -0.122. The third-order valence-electron chi connectivity index (χ3n) is 1.35. The molecule has 6 heteroatoms. The van der Waals surface area contributed by atoms with E-state index in [0.717, 1.165) is 0 Å². The second-order valence-corrected chi connectivity index (χ2v) is 2.52. The van der Waals surface area contributed by atoms with Crippen LogP contribution in [0.4, 0.5) is 0 Å². The van der Waals surface area contributed by atoms with Gasteiger partial charge in [0.1, 0.15) is 12.6 Å². The number of nitrogens with one attached hydrogen (secondary N) is 1. The van der Waals surface area contributed by atoms with Crippen molar-refractivity contribution < 1.29 is 4.79 Å².